The standard InChI is InChI=1S/C10H12ClN3O3.C7H6ClFN2.C6H4ClFN2O.C5H3ClFN3O.C5H2ClFN2O2.C5H10O2.C4HCl2FN2.3C4H9.C3H5.Cl3OP.Sn/c11-10-13-5-7(8(14-10)9(12)15)17-6-1-3-16-4-2-6;1-4(2)6-5(9)3-10-7(8)11-6;1-3(11)5-4(8)2-9-6(7)10-5;6-5-9-1-2(7)3(10-5)4(8)11;6-5-8-1-2(7)3(9-5)4(10)11;6-5-1-3-7-4-2-5;5-3-2(7)1-8-4(6)9-3;3*1-3-4-2;1-3-2;1-5(2,3)4;/h5-6H,1-4H2,(H2,12,15);3H,1H2,2H3;2H,1H3;1H,(H2,8,11);1H,(H,10,11);5-6H,1-4H2;1H;3*1,3-4H2,2H3;1H2,2H3;;. The van der Waals surface area contributed by atoms with Crippen LogP contribution >= 0.6 is 120 Å². The molecule has 6 N–H and O–H groups in total. The number of aliphatic hydroxyl groups is 1. The van der Waals surface area contributed by atoms with E-state index in [0.29, 0.717) is 25.0 Å². The van der Waals surface area contributed by atoms with Crippen molar-refractivity contribution in [2.45, 2.75) is 131 Å². The first kappa shape index (κ1) is 93.3. The summed E-state index contributed by atoms with van der Waals surface area (Å²) in [5, 5.41) is 13.0. The Morgan fingerprint density at radius 1 is 0.541 bits per heavy atom. The molecule has 0 spiro atoms. The van der Waals surface area contributed by atoms with Crippen LogP contribution in [-0.2, 0) is 14.0 Å². The number of nitrogens with two attached hydrogens (primary N) is 2. The minimum absolute atomic E-state index is 0.00775. The minimum atomic E-state index is -3.22. The number of hydrogen-bond acceptors (Lipinski definition) is 21. The number of allylic oxidation sites excluding steroid dienone is 2. The third-order valence-corrected chi connectivity index (χ3v) is 30.0. The number of rotatable bonds is 17. The van der Waals surface area contributed by atoms with E-state index in [1.165, 1.54) is 51.6 Å². The number of ether oxygens (including phenoxy) is 3. The van der Waals surface area contributed by atoms with Gasteiger partial charge < -0.3 is 35.9 Å². The van der Waals surface area contributed by atoms with Gasteiger partial charge in [0, 0.05) is 33.0 Å². The predicted molar refractivity (Wildman–Crippen MR) is 371 cm³/mol. The molecule has 0 bridgehead atoms. The molecule has 0 unspecified atom stereocenters. The van der Waals surface area contributed by atoms with Gasteiger partial charge in [0.05, 0.1) is 56.5 Å². The van der Waals surface area contributed by atoms with Crippen molar-refractivity contribution in [2.24, 2.45) is 11.5 Å². The molecule has 2 fully saturated rings. The number of unbranched alkanes of at least 4 members (excludes halogenated alkanes) is 3. The molecule has 542 valence electrons. The maximum Gasteiger partial charge on any atom is 0.357 e. The summed E-state index contributed by atoms with van der Waals surface area (Å²) in [6, 6.07) is 0. The van der Waals surface area contributed by atoms with Gasteiger partial charge in [0.2, 0.25) is 31.7 Å². The van der Waals surface area contributed by atoms with Gasteiger partial charge in [-0.1, -0.05) is 18.2 Å². The molecule has 8 heterocycles. The molecule has 6 aromatic heterocycles. The van der Waals surface area contributed by atoms with E-state index in [4.69, 9.17) is 117 Å². The summed E-state index contributed by atoms with van der Waals surface area (Å²) in [6.45, 7) is 22.9. The Morgan fingerprint density at radius 3 is 1.14 bits per heavy atom. The number of nitrogens with zero attached hydrogens (tertiary/aromatic N) is 12. The number of halogens is 15. The molecular weight excluding hydrogens is 1640 g/mol. The van der Waals surface area contributed by atoms with E-state index in [9.17, 15) is 45.7 Å². The predicted octanol–water partition coefficient (Wildman–Crippen LogP) is 16.7. The van der Waals surface area contributed by atoms with Crippen molar-refractivity contribution in [3.63, 3.8) is 0 Å². The zero-order valence-corrected chi connectivity index (χ0v) is 64.7. The van der Waals surface area contributed by atoms with Crippen molar-refractivity contribution < 1.29 is 70.1 Å². The van der Waals surface area contributed by atoms with Crippen molar-refractivity contribution in [1.29, 1.82) is 0 Å². The van der Waals surface area contributed by atoms with E-state index in [2.05, 4.69) is 134 Å². The van der Waals surface area contributed by atoms with Gasteiger partial charge in [-0.2, -0.15) is 0 Å². The number of carbonyl (C=O) groups is 4. The summed E-state index contributed by atoms with van der Waals surface area (Å²) in [4.78, 5) is 83.4. The normalized spacial score (nSPS) is 12.5. The molecule has 0 aromatic carbocycles. The second-order valence-corrected chi connectivity index (χ2v) is 42.9. The number of aromatic carboxylic acids is 1. The molecule has 0 saturated carbocycles. The summed E-state index contributed by atoms with van der Waals surface area (Å²) in [5.74, 6) is -7.09. The molecule has 2 amide bonds. The third-order valence-electron chi connectivity index (χ3n) is 12.2. The maximum atomic E-state index is 12.8. The van der Waals surface area contributed by atoms with Crippen LogP contribution in [0.5, 0.6) is 5.75 Å². The van der Waals surface area contributed by atoms with E-state index in [-0.39, 0.29) is 71.9 Å². The molecule has 0 atom stereocenters. The van der Waals surface area contributed by atoms with E-state index < -0.39 is 87.6 Å². The van der Waals surface area contributed by atoms with Crippen LogP contribution in [0.2, 0.25) is 50.2 Å². The topological polar surface area (TPSA) is 360 Å². The summed E-state index contributed by atoms with van der Waals surface area (Å²) < 4.78 is 94.3. The number of amides is 2. The second-order valence-electron chi connectivity index (χ2n) is 19.9. The number of carboxylic acid groups (broad SMARTS) is 1. The smallest absolute Gasteiger partial charge is 0.357 e. The fourth-order valence-corrected chi connectivity index (χ4v) is 23.0. The van der Waals surface area contributed by atoms with Crippen molar-refractivity contribution >= 4 is 168 Å². The molecular formula is C57H70Cl10F5N14O10PSn. The molecule has 24 nitrogen and oxygen atoms in total. The van der Waals surface area contributed by atoms with Crippen LogP contribution in [0, 0.1) is 29.1 Å². The van der Waals surface area contributed by atoms with Crippen molar-refractivity contribution in [1.82, 2.24) is 59.8 Å². The van der Waals surface area contributed by atoms with Crippen molar-refractivity contribution in [2.75, 3.05) is 26.4 Å². The summed E-state index contributed by atoms with van der Waals surface area (Å²) in [5.41, 5.74) is 9.18. The number of ketones is 1. The van der Waals surface area contributed by atoms with Gasteiger partial charge in [-0.3, -0.25) is 18.9 Å². The Balaban J connectivity index is 0.00000110. The second kappa shape index (κ2) is 50.6. The number of primary amides is 2. The molecule has 0 radical (unpaired) electrons. The number of aromatic nitrogens is 12. The summed E-state index contributed by atoms with van der Waals surface area (Å²) in [6.07, 6.45) is 17.2. The third kappa shape index (κ3) is 41.3. The van der Waals surface area contributed by atoms with Crippen LogP contribution < -0.4 is 16.2 Å². The van der Waals surface area contributed by atoms with Gasteiger partial charge in [0.25, 0.3) is 11.8 Å². The van der Waals surface area contributed by atoms with Crippen molar-refractivity contribution in [3.05, 3.63) is 148 Å². The number of carbonyl (C=O) groups excluding carboxylic acids is 3. The van der Waals surface area contributed by atoms with Crippen LogP contribution in [0.25, 0.3) is 5.57 Å². The Kier molecular flexibility index (Phi) is 48.2. The van der Waals surface area contributed by atoms with Crippen LogP contribution in [0.15, 0.2) is 53.9 Å². The van der Waals surface area contributed by atoms with Gasteiger partial charge in [0.15, 0.2) is 62.9 Å². The molecule has 2 aliphatic heterocycles. The molecule has 0 aliphatic carbocycles. The van der Waals surface area contributed by atoms with Gasteiger partial charge in [-0.15, -0.1) is 0 Å². The molecule has 2 saturated heterocycles. The molecule has 6 aromatic rings. The number of carboxylic acids is 1. The first-order valence-corrected chi connectivity index (χ1v) is 43.3. The molecule has 41 heteroatoms. The van der Waals surface area contributed by atoms with Crippen LogP contribution in [0.1, 0.15) is 153 Å². The van der Waals surface area contributed by atoms with Gasteiger partial charge in [0.1, 0.15) is 17.5 Å². The fourth-order valence-electron chi connectivity index (χ4n) is 7.41. The SMILES string of the molecule is C=C(C)c1nc(Cl)ncc1F.C=[C](C)[Sn]([CH2]CCC)([CH2]CCC)[CH2]CCC.CC(=O)c1nc(Cl)ncc1F.Fc1cnc(Cl)nc1Cl.NC(=O)c1nc(Cl)ncc1F.NC(=O)c1nc(Cl)ncc1OC1CCOCC1.O=C(O)c1nc(Cl)ncc1F.O=P(Cl)(Cl)Cl.OC1CCOCC1. The minimum Gasteiger partial charge on any atom is -0.486 e. The van der Waals surface area contributed by atoms with Crippen LogP contribution in [0.3, 0.4) is 0 Å². The van der Waals surface area contributed by atoms with Gasteiger partial charge in [-0.05, 0) is 129 Å². The van der Waals surface area contributed by atoms with Crippen LogP contribution in [-0.4, -0.2) is 151 Å². The zero-order chi connectivity index (χ0) is 74.9. The monoisotopic (exact) mass is 1710 g/mol. The number of hydrogen-bond donors (Lipinski definition) is 4. The van der Waals surface area contributed by atoms with Gasteiger partial charge in [-0.25, -0.2) is 86.6 Å². The average Bonchev–Trinajstić information content (AvgIpc) is 0.871. The molecule has 98 heavy (non-hydrogen) atoms. The quantitative estimate of drug-likeness (QED) is 0.0164. The van der Waals surface area contributed by atoms with Crippen LogP contribution in [0.4, 0.5) is 22.0 Å². The Morgan fingerprint density at radius 2 is 0.857 bits per heavy atom. The first-order chi connectivity index (χ1) is 45.8. The van der Waals surface area contributed by atoms with Gasteiger partial charge >= 0.3 is 119 Å². The Bertz CT molecular complexity index is 3300. The number of Topliss-reactive ketones (excluding diaryl/α,β-unsaturated/α-hetero) is 1. The Hall–Kier alpha value is -4.70. The summed E-state index contributed by atoms with van der Waals surface area (Å²) in [7, 11) is 0. The Labute approximate surface area is 615 Å². The average molecular weight is 1710 g/mol. The molecule has 8 rings (SSSR count). The first-order valence-electron chi connectivity index (χ1n) is 28.8. The molecule has 2 aliphatic rings. The maximum absolute atomic E-state index is 12.8. The van der Waals surface area contributed by atoms with E-state index in [1.54, 1.807) is 23.8 Å². The largest absolute Gasteiger partial charge is 0.486 e. The van der Waals surface area contributed by atoms with E-state index in [1.807, 2.05) is 0 Å². The number of aliphatic hydroxyl groups excluding tert-OH is 1. The van der Waals surface area contributed by atoms with E-state index in [0.717, 1.165) is 63.7 Å². The zero-order valence-electron chi connectivity index (χ0n) is 53.4. The van der Waals surface area contributed by atoms with E-state index >= 15 is 0 Å². The summed E-state index contributed by atoms with van der Waals surface area (Å²) >= 11 is 49.2. The fraction of sp³-hybridized carbons (Fsp3) is 0.439. The van der Waals surface area contributed by atoms with Crippen molar-refractivity contribution in [3.8, 4) is 5.75 Å².